The number of likely N-dealkylation sites (tertiary alicyclic amines) is 1. The van der Waals surface area contributed by atoms with E-state index < -0.39 is 0 Å². The van der Waals surface area contributed by atoms with Crippen LogP contribution in [0, 0.1) is 0 Å². The van der Waals surface area contributed by atoms with Crippen LogP contribution in [0.25, 0.3) is 0 Å². The maximum atomic E-state index is 5.88. The first-order valence-electron chi connectivity index (χ1n) is 13.0. The number of aromatic nitrogens is 2. The average Bonchev–Trinajstić information content (AvgIpc) is 2.90. The molecule has 0 amide bonds. The van der Waals surface area contributed by atoms with Gasteiger partial charge in [0.1, 0.15) is 18.2 Å². The highest BCUT2D eigenvalue weighted by Crippen LogP contribution is 2.27. The molecule has 192 valence electrons. The van der Waals surface area contributed by atoms with Gasteiger partial charge in [-0.25, -0.2) is 4.98 Å². The lowest BCUT2D eigenvalue weighted by Crippen LogP contribution is -2.29. The summed E-state index contributed by atoms with van der Waals surface area (Å²) >= 11 is 3.58. The first kappa shape index (κ1) is 26.4. The van der Waals surface area contributed by atoms with E-state index in [1.54, 1.807) is 6.20 Å². The fourth-order valence-electron chi connectivity index (χ4n) is 4.37. The van der Waals surface area contributed by atoms with Crippen LogP contribution >= 0.6 is 15.9 Å². The van der Waals surface area contributed by atoms with Gasteiger partial charge in [0.2, 0.25) is 5.95 Å². The van der Waals surface area contributed by atoms with E-state index in [1.165, 1.54) is 37.9 Å². The van der Waals surface area contributed by atoms with Gasteiger partial charge in [0.25, 0.3) is 0 Å². The normalized spacial score (nSPS) is 14.1. The molecule has 1 saturated heterocycles. The van der Waals surface area contributed by atoms with E-state index in [-0.39, 0.29) is 0 Å². The number of hydrogen-bond acceptors (Lipinski definition) is 7. The number of benzene rings is 2. The minimum Gasteiger partial charge on any atom is -0.492 e. The van der Waals surface area contributed by atoms with E-state index in [0.717, 1.165) is 53.6 Å². The zero-order valence-corrected chi connectivity index (χ0v) is 22.9. The van der Waals surface area contributed by atoms with Crippen molar-refractivity contribution >= 4 is 39.1 Å². The van der Waals surface area contributed by atoms with Gasteiger partial charge in [-0.05, 0) is 96.9 Å². The minimum atomic E-state index is 0.528. The van der Waals surface area contributed by atoms with Gasteiger partial charge in [-0.2, -0.15) is 4.98 Å². The Morgan fingerprint density at radius 2 is 1.75 bits per heavy atom. The summed E-state index contributed by atoms with van der Waals surface area (Å²) < 4.78 is 6.70. The van der Waals surface area contributed by atoms with Gasteiger partial charge in [0, 0.05) is 30.7 Å². The van der Waals surface area contributed by atoms with Crippen LogP contribution in [0.4, 0.5) is 23.1 Å². The molecule has 0 bridgehead atoms. The minimum absolute atomic E-state index is 0.528. The molecule has 3 aromatic rings. The van der Waals surface area contributed by atoms with Crippen LogP contribution in [0.2, 0.25) is 0 Å². The molecule has 0 radical (unpaired) electrons. The lowest BCUT2D eigenvalue weighted by molar-refractivity contribution is 0.221. The SMILES string of the molecule is CCN(CC)CCOc1ccc(Nc2ncc(Br)c(Nc3cccc(CN4CCCCC4)c3)n2)cc1. The molecule has 1 fully saturated rings. The Bertz CT molecular complexity index is 1080. The van der Waals surface area contributed by atoms with Crippen LogP contribution in [-0.2, 0) is 6.54 Å². The molecule has 8 heteroatoms. The van der Waals surface area contributed by atoms with E-state index in [9.17, 15) is 0 Å². The number of ether oxygens (including phenoxy) is 1. The van der Waals surface area contributed by atoms with Gasteiger partial charge in [0.05, 0.1) is 4.47 Å². The number of likely N-dealkylation sites (N-methyl/N-ethyl adjacent to an activating group) is 1. The summed E-state index contributed by atoms with van der Waals surface area (Å²) in [6.07, 6.45) is 5.72. The van der Waals surface area contributed by atoms with Crippen molar-refractivity contribution in [1.29, 1.82) is 0 Å². The Labute approximate surface area is 223 Å². The molecule has 1 aliphatic heterocycles. The Kier molecular flexibility index (Phi) is 9.95. The molecule has 2 N–H and O–H groups in total. The Hall–Kier alpha value is -2.68. The predicted octanol–water partition coefficient (Wildman–Crippen LogP) is 6.43. The van der Waals surface area contributed by atoms with Crippen molar-refractivity contribution in [2.24, 2.45) is 0 Å². The number of piperidine rings is 1. The lowest BCUT2D eigenvalue weighted by Gasteiger charge is -2.26. The molecule has 2 heterocycles. The monoisotopic (exact) mass is 552 g/mol. The standard InChI is InChI=1S/C28H37BrN6O/c1-3-34(4-2)17-18-36-25-13-11-23(12-14-25)32-28-30-20-26(29)27(33-28)31-24-10-8-9-22(19-24)21-35-15-6-5-7-16-35/h8-14,19-20H,3-7,15-18,21H2,1-2H3,(H2,30,31,32,33). The highest BCUT2D eigenvalue weighted by atomic mass is 79.9. The second-order valence-electron chi connectivity index (χ2n) is 9.08. The number of hydrogen-bond donors (Lipinski definition) is 2. The summed E-state index contributed by atoms with van der Waals surface area (Å²) in [4.78, 5) is 14.0. The Morgan fingerprint density at radius 3 is 2.50 bits per heavy atom. The zero-order valence-electron chi connectivity index (χ0n) is 21.3. The molecular formula is C28H37BrN6O. The molecule has 2 aromatic carbocycles. The quantitative estimate of drug-likeness (QED) is 0.268. The van der Waals surface area contributed by atoms with Crippen molar-refractivity contribution in [2.75, 3.05) is 50.0 Å². The number of rotatable bonds is 12. The molecule has 0 aliphatic carbocycles. The van der Waals surface area contributed by atoms with Gasteiger partial charge in [-0.15, -0.1) is 0 Å². The smallest absolute Gasteiger partial charge is 0.229 e. The summed E-state index contributed by atoms with van der Waals surface area (Å²) in [5, 5.41) is 6.74. The molecule has 0 unspecified atom stereocenters. The van der Waals surface area contributed by atoms with E-state index in [1.807, 2.05) is 24.3 Å². The van der Waals surface area contributed by atoms with E-state index >= 15 is 0 Å². The summed E-state index contributed by atoms with van der Waals surface area (Å²) in [5.41, 5.74) is 3.23. The molecule has 36 heavy (non-hydrogen) atoms. The zero-order chi connectivity index (χ0) is 25.2. The van der Waals surface area contributed by atoms with Crippen LogP contribution in [0.15, 0.2) is 59.2 Å². The van der Waals surface area contributed by atoms with Gasteiger partial charge in [-0.1, -0.05) is 32.4 Å². The van der Waals surface area contributed by atoms with Gasteiger partial charge >= 0.3 is 0 Å². The second-order valence-corrected chi connectivity index (χ2v) is 9.93. The summed E-state index contributed by atoms with van der Waals surface area (Å²) in [6.45, 7) is 11.4. The van der Waals surface area contributed by atoms with Crippen LogP contribution in [-0.4, -0.2) is 59.1 Å². The van der Waals surface area contributed by atoms with E-state index in [2.05, 4.69) is 79.5 Å². The first-order valence-corrected chi connectivity index (χ1v) is 13.8. The topological polar surface area (TPSA) is 65.6 Å². The van der Waals surface area contributed by atoms with E-state index in [0.29, 0.717) is 12.6 Å². The van der Waals surface area contributed by atoms with Crippen molar-refractivity contribution in [1.82, 2.24) is 19.8 Å². The fraction of sp³-hybridized carbons (Fsp3) is 0.429. The molecule has 1 aromatic heterocycles. The fourth-order valence-corrected chi connectivity index (χ4v) is 4.66. The van der Waals surface area contributed by atoms with Crippen LogP contribution < -0.4 is 15.4 Å². The van der Waals surface area contributed by atoms with E-state index in [4.69, 9.17) is 9.72 Å². The summed E-state index contributed by atoms with van der Waals surface area (Å²) in [6, 6.07) is 16.5. The largest absolute Gasteiger partial charge is 0.492 e. The lowest BCUT2D eigenvalue weighted by atomic mass is 10.1. The number of halogens is 1. The van der Waals surface area contributed by atoms with Gasteiger partial charge in [0.15, 0.2) is 0 Å². The molecule has 0 atom stereocenters. The summed E-state index contributed by atoms with van der Waals surface area (Å²) in [7, 11) is 0. The maximum Gasteiger partial charge on any atom is 0.229 e. The highest BCUT2D eigenvalue weighted by Gasteiger charge is 2.11. The van der Waals surface area contributed by atoms with Crippen molar-refractivity contribution < 1.29 is 4.74 Å². The molecular weight excluding hydrogens is 516 g/mol. The van der Waals surface area contributed by atoms with Crippen LogP contribution in [0.3, 0.4) is 0 Å². The predicted molar refractivity (Wildman–Crippen MR) is 152 cm³/mol. The van der Waals surface area contributed by atoms with Crippen molar-refractivity contribution in [3.8, 4) is 5.75 Å². The number of anilines is 4. The Morgan fingerprint density at radius 1 is 0.972 bits per heavy atom. The Balaban J connectivity index is 1.35. The van der Waals surface area contributed by atoms with Crippen molar-refractivity contribution in [3.05, 3.63) is 64.8 Å². The molecule has 0 spiro atoms. The highest BCUT2D eigenvalue weighted by molar-refractivity contribution is 9.10. The van der Waals surface area contributed by atoms with Crippen molar-refractivity contribution in [2.45, 2.75) is 39.7 Å². The third kappa shape index (κ3) is 7.91. The maximum absolute atomic E-state index is 5.88. The third-order valence-electron chi connectivity index (χ3n) is 6.47. The number of nitrogens with zero attached hydrogens (tertiary/aromatic N) is 4. The molecule has 1 aliphatic rings. The second kappa shape index (κ2) is 13.6. The molecule has 4 rings (SSSR count). The van der Waals surface area contributed by atoms with Crippen molar-refractivity contribution in [3.63, 3.8) is 0 Å². The van der Waals surface area contributed by atoms with Gasteiger partial charge < -0.3 is 20.3 Å². The van der Waals surface area contributed by atoms with Crippen LogP contribution in [0.1, 0.15) is 38.7 Å². The summed E-state index contributed by atoms with van der Waals surface area (Å²) in [5.74, 6) is 2.11. The average molecular weight is 554 g/mol. The third-order valence-corrected chi connectivity index (χ3v) is 7.05. The van der Waals surface area contributed by atoms with Crippen LogP contribution in [0.5, 0.6) is 5.75 Å². The molecule has 7 nitrogen and oxygen atoms in total. The van der Waals surface area contributed by atoms with Gasteiger partial charge in [-0.3, -0.25) is 4.90 Å². The first-order chi connectivity index (χ1) is 17.6. The molecule has 0 saturated carbocycles. The number of nitrogens with one attached hydrogen (secondary N) is 2.